The maximum absolute atomic E-state index is 13.0. The monoisotopic (exact) mass is 384 g/mol. The molecular formula is C17H18ClFN2O3S. The number of carbonyl (C=O) groups is 1. The molecule has 2 aromatic rings. The Morgan fingerprint density at radius 3 is 2.24 bits per heavy atom. The van der Waals surface area contributed by atoms with Crippen LogP contribution in [0.15, 0.2) is 48.5 Å². The first kappa shape index (κ1) is 19.4. The van der Waals surface area contributed by atoms with Gasteiger partial charge in [-0.3, -0.25) is 4.79 Å². The number of hydrogen-bond acceptors (Lipinski definition) is 3. The van der Waals surface area contributed by atoms with Gasteiger partial charge in [-0.15, -0.1) is 0 Å². The van der Waals surface area contributed by atoms with Crippen molar-refractivity contribution in [3.63, 3.8) is 0 Å². The number of amides is 1. The van der Waals surface area contributed by atoms with Gasteiger partial charge in [-0.2, -0.15) is 0 Å². The largest absolute Gasteiger partial charge is 0.315 e. The molecule has 2 rings (SSSR count). The van der Waals surface area contributed by atoms with Crippen molar-refractivity contribution in [2.24, 2.45) is 0 Å². The lowest BCUT2D eigenvalue weighted by Gasteiger charge is -2.22. The number of nitrogens with one attached hydrogen (secondary N) is 1. The van der Waals surface area contributed by atoms with E-state index in [0.29, 0.717) is 16.3 Å². The van der Waals surface area contributed by atoms with Crippen LogP contribution in [-0.2, 0) is 14.8 Å². The van der Waals surface area contributed by atoms with Crippen molar-refractivity contribution in [2.75, 3.05) is 18.2 Å². The van der Waals surface area contributed by atoms with Crippen molar-refractivity contribution in [2.45, 2.75) is 12.5 Å². The van der Waals surface area contributed by atoms with Crippen LogP contribution in [0.2, 0.25) is 5.02 Å². The predicted octanol–water partition coefficient (Wildman–Crippen LogP) is 3.12. The van der Waals surface area contributed by atoms with Gasteiger partial charge in [0.05, 0.1) is 12.3 Å². The van der Waals surface area contributed by atoms with Crippen molar-refractivity contribution >= 4 is 33.2 Å². The molecular weight excluding hydrogens is 367 g/mol. The van der Waals surface area contributed by atoms with Crippen molar-refractivity contribution < 1.29 is 17.6 Å². The lowest BCUT2D eigenvalue weighted by molar-refractivity contribution is -0.118. The topological polar surface area (TPSA) is 66.5 Å². The Morgan fingerprint density at radius 2 is 1.72 bits per heavy atom. The SMILES string of the molecule is CN(C(=O)C[C@@H](NS(C)(=O)=O)c1ccc(Cl)cc1)c1ccc(F)cc1. The Bertz CT molecular complexity index is 839. The van der Waals surface area contributed by atoms with E-state index in [4.69, 9.17) is 11.6 Å². The molecule has 0 saturated carbocycles. The minimum absolute atomic E-state index is 0.0947. The fourth-order valence-electron chi connectivity index (χ4n) is 2.30. The van der Waals surface area contributed by atoms with Gasteiger partial charge < -0.3 is 4.90 Å². The van der Waals surface area contributed by atoms with Crippen LogP contribution >= 0.6 is 11.6 Å². The van der Waals surface area contributed by atoms with Crippen molar-refractivity contribution in [3.05, 3.63) is 64.9 Å². The minimum Gasteiger partial charge on any atom is -0.315 e. The summed E-state index contributed by atoms with van der Waals surface area (Å²) in [5.41, 5.74) is 1.14. The number of benzene rings is 2. The van der Waals surface area contributed by atoms with E-state index in [2.05, 4.69) is 4.72 Å². The van der Waals surface area contributed by atoms with Crippen LogP contribution in [0.4, 0.5) is 10.1 Å². The first-order valence-corrected chi connectivity index (χ1v) is 9.67. The molecule has 25 heavy (non-hydrogen) atoms. The van der Waals surface area contributed by atoms with E-state index >= 15 is 0 Å². The normalized spacial score (nSPS) is 12.6. The molecule has 0 unspecified atom stereocenters. The molecule has 0 aliphatic rings. The molecule has 0 bridgehead atoms. The predicted molar refractivity (Wildman–Crippen MR) is 96.6 cm³/mol. The summed E-state index contributed by atoms with van der Waals surface area (Å²) in [6.45, 7) is 0. The number of halogens is 2. The number of nitrogens with zero attached hydrogens (tertiary/aromatic N) is 1. The van der Waals surface area contributed by atoms with E-state index < -0.39 is 21.9 Å². The van der Waals surface area contributed by atoms with Gasteiger partial charge in [-0.05, 0) is 42.0 Å². The van der Waals surface area contributed by atoms with E-state index in [-0.39, 0.29) is 12.3 Å². The molecule has 0 radical (unpaired) electrons. The zero-order chi connectivity index (χ0) is 18.6. The van der Waals surface area contributed by atoms with Crippen LogP contribution < -0.4 is 9.62 Å². The van der Waals surface area contributed by atoms with E-state index in [0.717, 1.165) is 6.26 Å². The molecule has 1 amide bonds. The van der Waals surface area contributed by atoms with Gasteiger partial charge in [0.1, 0.15) is 5.82 Å². The Labute approximate surface area is 151 Å². The summed E-state index contributed by atoms with van der Waals surface area (Å²) >= 11 is 5.85. The Hall–Kier alpha value is -1.96. The van der Waals surface area contributed by atoms with Gasteiger partial charge in [-0.25, -0.2) is 17.5 Å². The summed E-state index contributed by atoms with van der Waals surface area (Å²) in [4.78, 5) is 13.9. The lowest BCUT2D eigenvalue weighted by atomic mass is 10.0. The second-order valence-electron chi connectivity index (χ2n) is 5.63. The molecule has 0 aliphatic heterocycles. The summed E-state index contributed by atoms with van der Waals surface area (Å²) in [6, 6.07) is 11.3. The Kier molecular flexibility index (Phi) is 6.16. The standard InChI is InChI=1S/C17H18ClFN2O3S/c1-21(15-9-7-14(19)8-10-15)17(22)11-16(20-25(2,23)24)12-3-5-13(18)6-4-12/h3-10,16,20H,11H2,1-2H3/t16-/m1/s1. The molecule has 5 nitrogen and oxygen atoms in total. The highest BCUT2D eigenvalue weighted by Gasteiger charge is 2.22. The molecule has 1 N–H and O–H groups in total. The smallest absolute Gasteiger partial charge is 0.228 e. The molecule has 8 heteroatoms. The highest BCUT2D eigenvalue weighted by molar-refractivity contribution is 7.88. The third kappa shape index (κ3) is 5.81. The maximum Gasteiger partial charge on any atom is 0.228 e. The highest BCUT2D eigenvalue weighted by Crippen LogP contribution is 2.23. The number of rotatable bonds is 6. The highest BCUT2D eigenvalue weighted by atomic mass is 35.5. The second-order valence-corrected chi connectivity index (χ2v) is 7.84. The van der Waals surface area contributed by atoms with Crippen LogP contribution in [0.1, 0.15) is 18.0 Å². The second kappa shape index (κ2) is 7.95. The molecule has 134 valence electrons. The Morgan fingerprint density at radius 1 is 1.16 bits per heavy atom. The Balaban J connectivity index is 2.21. The zero-order valence-corrected chi connectivity index (χ0v) is 15.3. The summed E-state index contributed by atoms with van der Waals surface area (Å²) in [5, 5.41) is 0.511. The van der Waals surface area contributed by atoms with Crippen molar-refractivity contribution in [3.8, 4) is 0 Å². The minimum atomic E-state index is -3.53. The fourth-order valence-corrected chi connectivity index (χ4v) is 3.16. The number of sulfonamides is 1. The van der Waals surface area contributed by atoms with Crippen LogP contribution in [0.5, 0.6) is 0 Å². The van der Waals surface area contributed by atoms with Crippen LogP contribution in [-0.4, -0.2) is 27.6 Å². The zero-order valence-electron chi connectivity index (χ0n) is 13.7. The fraction of sp³-hybridized carbons (Fsp3) is 0.235. The van der Waals surface area contributed by atoms with Gasteiger partial charge >= 0.3 is 0 Å². The summed E-state index contributed by atoms with van der Waals surface area (Å²) < 4.78 is 38.7. The molecule has 0 saturated heterocycles. The lowest BCUT2D eigenvalue weighted by Crippen LogP contribution is -2.34. The average Bonchev–Trinajstić information content (AvgIpc) is 2.53. The van der Waals surface area contributed by atoms with Crippen LogP contribution in [0.25, 0.3) is 0 Å². The number of anilines is 1. The third-order valence-electron chi connectivity index (χ3n) is 3.60. The average molecular weight is 385 g/mol. The molecule has 0 heterocycles. The molecule has 0 spiro atoms. The molecule has 2 aromatic carbocycles. The molecule has 0 aliphatic carbocycles. The summed E-state index contributed by atoms with van der Waals surface area (Å²) in [7, 11) is -1.98. The molecule has 0 aromatic heterocycles. The quantitative estimate of drug-likeness (QED) is 0.832. The van der Waals surface area contributed by atoms with E-state index in [1.807, 2.05) is 0 Å². The van der Waals surface area contributed by atoms with Crippen molar-refractivity contribution in [1.29, 1.82) is 0 Å². The number of carbonyl (C=O) groups excluding carboxylic acids is 1. The molecule has 1 atom stereocenters. The third-order valence-corrected chi connectivity index (χ3v) is 4.56. The van der Waals surface area contributed by atoms with E-state index in [1.54, 1.807) is 31.3 Å². The van der Waals surface area contributed by atoms with Gasteiger partial charge in [-0.1, -0.05) is 23.7 Å². The first-order chi connectivity index (χ1) is 11.7. The van der Waals surface area contributed by atoms with Crippen LogP contribution in [0.3, 0.4) is 0 Å². The van der Waals surface area contributed by atoms with Crippen molar-refractivity contribution in [1.82, 2.24) is 4.72 Å². The van der Waals surface area contributed by atoms with E-state index in [9.17, 15) is 17.6 Å². The van der Waals surface area contributed by atoms with Crippen LogP contribution in [0, 0.1) is 5.82 Å². The molecule has 0 fully saturated rings. The van der Waals surface area contributed by atoms with E-state index in [1.165, 1.54) is 29.2 Å². The number of hydrogen-bond donors (Lipinski definition) is 1. The summed E-state index contributed by atoms with van der Waals surface area (Å²) in [5.74, 6) is -0.718. The van der Waals surface area contributed by atoms with Gasteiger partial charge in [0.2, 0.25) is 15.9 Å². The van der Waals surface area contributed by atoms with Gasteiger partial charge in [0.25, 0.3) is 0 Å². The maximum atomic E-state index is 13.0. The summed E-state index contributed by atoms with van der Waals surface area (Å²) in [6.07, 6.45) is 0.937. The first-order valence-electron chi connectivity index (χ1n) is 7.40. The van der Waals surface area contributed by atoms with Gasteiger partial charge in [0, 0.05) is 24.2 Å². The van der Waals surface area contributed by atoms with Gasteiger partial charge in [0.15, 0.2) is 0 Å².